The molecule has 0 bridgehead atoms. The Kier molecular flexibility index (Phi) is 3.11. The minimum absolute atomic E-state index is 0.519. The summed E-state index contributed by atoms with van der Waals surface area (Å²) in [5.74, 6) is 1.53. The van der Waals surface area contributed by atoms with Gasteiger partial charge in [-0.15, -0.1) is 0 Å². The SMILES string of the molecule is CC(C1CCCCC1)N1Cc2ccccc2C1=N. The van der Waals surface area contributed by atoms with E-state index in [-0.39, 0.29) is 0 Å². The Morgan fingerprint density at radius 3 is 2.61 bits per heavy atom. The largest absolute Gasteiger partial charge is 0.349 e. The van der Waals surface area contributed by atoms with Crippen LogP contribution in [0.5, 0.6) is 0 Å². The van der Waals surface area contributed by atoms with E-state index < -0.39 is 0 Å². The highest BCUT2D eigenvalue weighted by molar-refractivity contribution is 6.00. The molecular formula is C16H22N2. The maximum atomic E-state index is 8.36. The zero-order chi connectivity index (χ0) is 12.5. The van der Waals surface area contributed by atoms with Crippen molar-refractivity contribution in [2.75, 3.05) is 0 Å². The topological polar surface area (TPSA) is 27.1 Å². The molecule has 0 aromatic heterocycles. The van der Waals surface area contributed by atoms with Crippen molar-refractivity contribution in [3.63, 3.8) is 0 Å². The molecule has 0 saturated heterocycles. The summed E-state index contributed by atoms with van der Waals surface area (Å²) in [5.41, 5.74) is 2.46. The molecule has 3 rings (SSSR count). The molecule has 96 valence electrons. The molecule has 2 heteroatoms. The zero-order valence-electron chi connectivity index (χ0n) is 11.2. The maximum absolute atomic E-state index is 8.36. The lowest BCUT2D eigenvalue weighted by Crippen LogP contribution is -2.39. The van der Waals surface area contributed by atoms with Crippen molar-refractivity contribution in [3.8, 4) is 0 Å². The molecule has 1 aromatic rings. The molecule has 2 nitrogen and oxygen atoms in total. The fraction of sp³-hybridized carbons (Fsp3) is 0.562. The molecule has 1 atom stereocenters. The van der Waals surface area contributed by atoms with E-state index >= 15 is 0 Å². The summed E-state index contributed by atoms with van der Waals surface area (Å²) < 4.78 is 0. The first-order valence-corrected chi connectivity index (χ1v) is 7.21. The van der Waals surface area contributed by atoms with E-state index in [4.69, 9.17) is 5.41 Å². The van der Waals surface area contributed by atoms with Crippen LogP contribution in [0.2, 0.25) is 0 Å². The van der Waals surface area contributed by atoms with Gasteiger partial charge in [-0.3, -0.25) is 5.41 Å². The molecule has 18 heavy (non-hydrogen) atoms. The van der Waals surface area contributed by atoms with Gasteiger partial charge in [0, 0.05) is 18.2 Å². The molecule has 1 aliphatic carbocycles. The smallest absolute Gasteiger partial charge is 0.128 e. The molecule has 2 aliphatic rings. The highest BCUT2D eigenvalue weighted by atomic mass is 15.2. The summed E-state index contributed by atoms with van der Waals surface area (Å²) >= 11 is 0. The van der Waals surface area contributed by atoms with E-state index in [0.29, 0.717) is 6.04 Å². The number of hydrogen-bond donors (Lipinski definition) is 1. The van der Waals surface area contributed by atoms with Crippen molar-refractivity contribution in [1.29, 1.82) is 5.41 Å². The Morgan fingerprint density at radius 1 is 1.17 bits per heavy atom. The molecule has 0 spiro atoms. The molecule has 0 amide bonds. The Bertz CT molecular complexity index is 446. The Balaban J connectivity index is 1.77. The quantitative estimate of drug-likeness (QED) is 0.839. The molecule has 1 heterocycles. The highest BCUT2D eigenvalue weighted by Gasteiger charge is 2.31. The number of amidine groups is 1. The van der Waals surface area contributed by atoms with Gasteiger partial charge in [-0.05, 0) is 31.2 Å². The third-order valence-corrected chi connectivity index (χ3v) is 4.72. The minimum Gasteiger partial charge on any atom is -0.349 e. The Hall–Kier alpha value is -1.31. The summed E-state index contributed by atoms with van der Waals surface area (Å²) in [7, 11) is 0. The second-order valence-electron chi connectivity index (χ2n) is 5.77. The van der Waals surface area contributed by atoms with Crippen LogP contribution in [0.1, 0.15) is 50.2 Å². The fourth-order valence-electron chi connectivity index (χ4n) is 3.53. The monoisotopic (exact) mass is 242 g/mol. The lowest BCUT2D eigenvalue weighted by molar-refractivity contribution is 0.197. The summed E-state index contributed by atoms with van der Waals surface area (Å²) in [5, 5.41) is 8.36. The van der Waals surface area contributed by atoms with E-state index in [1.165, 1.54) is 37.7 Å². The molecule has 1 saturated carbocycles. The normalized spacial score (nSPS) is 22.1. The number of nitrogens with one attached hydrogen (secondary N) is 1. The molecule has 1 N–H and O–H groups in total. The van der Waals surface area contributed by atoms with Crippen molar-refractivity contribution in [2.45, 2.75) is 51.6 Å². The second-order valence-corrected chi connectivity index (χ2v) is 5.77. The van der Waals surface area contributed by atoms with Crippen LogP contribution < -0.4 is 0 Å². The number of fused-ring (bicyclic) bond motifs is 1. The minimum atomic E-state index is 0.519. The van der Waals surface area contributed by atoms with Crippen molar-refractivity contribution < 1.29 is 0 Å². The van der Waals surface area contributed by atoms with Crippen LogP contribution >= 0.6 is 0 Å². The van der Waals surface area contributed by atoms with Gasteiger partial charge in [0.1, 0.15) is 5.84 Å². The van der Waals surface area contributed by atoms with Crippen molar-refractivity contribution >= 4 is 5.84 Å². The number of hydrogen-bond acceptors (Lipinski definition) is 1. The molecule has 1 fully saturated rings. The lowest BCUT2D eigenvalue weighted by atomic mass is 9.84. The second kappa shape index (κ2) is 4.75. The number of nitrogens with zero attached hydrogens (tertiary/aromatic N) is 1. The molecule has 1 aromatic carbocycles. The first kappa shape index (κ1) is 11.8. The fourth-order valence-corrected chi connectivity index (χ4v) is 3.53. The van der Waals surface area contributed by atoms with Gasteiger partial charge in [-0.2, -0.15) is 0 Å². The predicted octanol–water partition coefficient (Wildman–Crippen LogP) is 3.80. The van der Waals surface area contributed by atoms with Gasteiger partial charge in [0.25, 0.3) is 0 Å². The van der Waals surface area contributed by atoms with Gasteiger partial charge in [0.2, 0.25) is 0 Å². The van der Waals surface area contributed by atoms with Gasteiger partial charge in [-0.25, -0.2) is 0 Å². The third kappa shape index (κ3) is 1.94. The van der Waals surface area contributed by atoms with Crippen LogP contribution in [0.25, 0.3) is 0 Å². The van der Waals surface area contributed by atoms with Crippen LogP contribution in [0.4, 0.5) is 0 Å². The number of benzene rings is 1. The van der Waals surface area contributed by atoms with Gasteiger partial charge < -0.3 is 4.90 Å². The highest BCUT2D eigenvalue weighted by Crippen LogP contribution is 2.33. The summed E-state index contributed by atoms with van der Waals surface area (Å²) in [6, 6.07) is 8.90. The lowest BCUT2D eigenvalue weighted by Gasteiger charge is -2.35. The first-order valence-electron chi connectivity index (χ1n) is 7.21. The molecular weight excluding hydrogens is 220 g/mol. The van der Waals surface area contributed by atoms with E-state index in [0.717, 1.165) is 23.9 Å². The predicted molar refractivity (Wildman–Crippen MR) is 74.9 cm³/mol. The van der Waals surface area contributed by atoms with Gasteiger partial charge in [0.15, 0.2) is 0 Å². The van der Waals surface area contributed by atoms with Gasteiger partial charge in [0.05, 0.1) is 0 Å². The van der Waals surface area contributed by atoms with E-state index in [1.54, 1.807) is 0 Å². The standard InChI is InChI=1S/C16H22N2/c1-12(13-7-3-2-4-8-13)18-11-14-9-5-6-10-15(14)16(18)17/h5-6,9-10,12-13,17H,2-4,7-8,11H2,1H3. The Labute approximate surface area is 110 Å². The summed E-state index contributed by atoms with van der Waals surface area (Å²) in [6.45, 7) is 3.25. The zero-order valence-corrected chi connectivity index (χ0v) is 11.2. The van der Waals surface area contributed by atoms with Crippen molar-refractivity contribution in [2.24, 2.45) is 5.92 Å². The van der Waals surface area contributed by atoms with Crippen LogP contribution in [0.3, 0.4) is 0 Å². The summed E-state index contributed by atoms with van der Waals surface area (Å²) in [6.07, 6.45) is 6.86. The van der Waals surface area contributed by atoms with Crippen LogP contribution in [0, 0.1) is 11.3 Å². The third-order valence-electron chi connectivity index (χ3n) is 4.72. The average Bonchev–Trinajstić information content (AvgIpc) is 2.77. The maximum Gasteiger partial charge on any atom is 0.128 e. The van der Waals surface area contributed by atoms with Crippen LogP contribution in [-0.2, 0) is 6.54 Å². The first-order chi connectivity index (χ1) is 8.77. The number of rotatable bonds is 2. The van der Waals surface area contributed by atoms with Gasteiger partial charge in [-0.1, -0.05) is 43.5 Å². The Morgan fingerprint density at radius 2 is 1.89 bits per heavy atom. The van der Waals surface area contributed by atoms with Crippen molar-refractivity contribution in [1.82, 2.24) is 4.90 Å². The summed E-state index contributed by atoms with van der Waals surface area (Å²) in [4.78, 5) is 2.31. The van der Waals surface area contributed by atoms with E-state index in [1.807, 2.05) is 6.07 Å². The van der Waals surface area contributed by atoms with Gasteiger partial charge >= 0.3 is 0 Å². The van der Waals surface area contributed by atoms with Crippen LogP contribution in [0.15, 0.2) is 24.3 Å². The van der Waals surface area contributed by atoms with Crippen molar-refractivity contribution in [3.05, 3.63) is 35.4 Å². The average molecular weight is 242 g/mol. The van der Waals surface area contributed by atoms with Crippen LogP contribution in [-0.4, -0.2) is 16.8 Å². The molecule has 1 unspecified atom stereocenters. The molecule has 0 radical (unpaired) electrons. The molecule has 1 aliphatic heterocycles. The van der Waals surface area contributed by atoms with E-state index in [2.05, 4.69) is 30.0 Å². The van der Waals surface area contributed by atoms with E-state index in [9.17, 15) is 0 Å².